The summed E-state index contributed by atoms with van der Waals surface area (Å²) in [6.07, 6.45) is 1.50. The first-order valence-electron chi connectivity index (χ1n) is 6.32. The number of aryl methyl sites for hydroxylation is 2. The molecular weight excluding hydrogens is 278 g/mol. The Hall–Kier alpha value is -1.73. The zero-order valence-corrected chi connectivity index (χ0v) is 12.5. The fourth-order valence-corrected chi connectivity index (χ4v) is 2.96. The highest BCUT2D eigenvalue weighted by Crippen LogP contribution is 2.26. The maximum Gasteiger partial charge on any atom is 0.262 e. The molecule has 0 spiro atoms. The highest BCUT2D eigenvalue weighted by molar-refractivity contribution is 7.20. The molecule has 0 saturated heterocycles. The molecule has 1 unspecified atom stereocenters. The van der Waals surface area contributed by atoms with Gasteiger partial charge >= 0.3 is 0 Å². The molecule has 2 aromatic rings. The molecule has 7 heteroatoms. The summed E-state index contributed by atoms with van der Waals surface area (Å²) < 4.78 is 1.40. The molecule has 0 aliphatic heterocycles. The summed E-state index contributed by atoms with van der Waals surface area (Å²) >= 11 is 1.21. The summed E-state index contributed by atoms with van der Waals surface area (Å²) in [5.41, 5.74) is 0.514. The van der Waals surface area contributed by atoms with Crippen molar-refractivity contribution < 1.29 is 9.90 Å². The predicted octanol–water partition coefficient (Wildman–Crippen LogP) is 0.804. The average molecular weight is 295 g/mol. The lowest BCUT2D eigenvalue weighted by Gasteiger charge is -2.05. The van der Waals surface area contributed by atoms with Gasteiger partial charge in [0.05, 0.1) is 22.7 Å². The van der Waals surface area contributed by atoms with Crippen molar-refractivity contribution >= 4 is 27.5 Å². The van der Waals surface area contributed by atoms with Crippen molar-refractivity contribution in [3.63, 3.8) is 0 Å². The van der Waals surface area contributed by atoms with Crippen molar-refractivity contribution in [3.05, 3.63) is 27.1 Å². The molecule has 2 N–H and O–H groups in total. The van der Waals surface area contributed by atoms with E-state index in [1.54, 1.807) is 20.9 Å². The Kier molecular flexibility index (Phi) is 4.20. The molecule has 6 nitrogen and oxygen atoms in total. The van der Waals surface area contributed by atoms with E-state index in [4.69, 9.17) is 5.11 Å². The first-order valence-corrected chi connectivity index (χ1v) is 7.14. The summed E-state index contributed by atoms with van der Waals surface area (Å²) in [7, 11) is 1.63. The van der Waals surface area contributed by atoms with E-state index >= 15 is 0 Å². The third-order valence-electron chi connectivity index (χ3n) is 3.06. The Labute approximate surface area is 120 Å². The average Bonchev–Trinajstić information content (AvgIpc) is 2.71. The topological polar surface area (TPSA) is 84.2 Å². The number of fused-ring (bicyclic) bond motifs is 1. The largest absolute Gasteiger partial charge is 0.393 e. The van der Waals surface area contributed by atoms with E-state index in [2.05, 4.69) is 10.3 Å². The molecule has 0 bridgehead atoms. The number of thiophene rings is 1. The van der Waals surface area contributed by atoms with Gasteiger partial charge in [0.2, 0.25) is 0 Å². The second-order valence-electron chi connectivity index (χ2n) is 4.79. The smallest absolute Gasteiger partial charge is 0.262 e. The van der Waals surface area contributed by atoms with Crippen LogP contribution in [-0.4, -0.2) is 33.2 Å². The van der Waals surface area contributed by atoms with Gasteiger partial charge in [-0.2, -0.15) is 0 Å². The number of rotatable bonds is 4. The molecule has 0 aliphatic rings. The fraction of sp³-hybridized carbons (Fsp3) is 0.462. The Bertz CT molecular complexity index is 703. The maximum atomic E-state index is 12.1. The first kappa shape index (κ1) is 14.7. The fourth-order valence-electron chi connectivity index (χ4n) is 1.90. The number of nitrogens with zero attached hydrogens (tertiary/aromatic N) is 2. The van der Waals surface area contributed by atoms with Crippen LogP contribution < -0.4 is 10.9 Å². The number of carbonyl (C=O) groups is 1. The monoisotopic (exact) mass is 295 g/mol. The van der Waals surface area contributed by atoms with Gasteiger partial charge in [0, 0.05) is 13.6 Å². The van der Waals surface area contributed by atoms with Crippen molar-refractivity contribution in [3.8, 4) is 0 Å². The van der Waals surface area contributed by atoms with E-state index in [0.29, 0.717) is 33.6 Å². The van der Waals surface area contributed by atoms with Crippen LogP contribution in [0.25, 0.3) is 10.2 Å². The number of hydrogen-bond donors (Lipinski definition) is 2. The molecule has 0 fully saturated rings. The van der Waals surface area contributed by atoms with Crippen LogP contribution in [0.5, 0.6) is 0 Å². The van der Waals surface area contributed by atoms with E-state index in [1.165, 1.54) is 22.2 Å². The summed E-state index contributed by atoms with van der Waals surface area (Å²) in [5, 5.41) is 12.4. The van der Waals surface area contributed by atoms with E-state index < -0.39 is 6.10 Å². The number of amides is 1. The minimum Gasteiger partial charge on any atom is -0.393 e. The van der Waals surface area contributed by atoms with Crippen LogP contribution in [0, 0.1) is 6.92 Å². The van der Waals surface area contributed by atoms with Crippen molar-refractivity contribution in [2.24, 2.45) is 7.05 Å². The van der Waals surface area contributed by atoms with Crippen LogP contribution in [-0.2, 0) is 7.05 Å². The van der Waals surface area contributed by atoms with Gasteiger partial charge in [-0.05, 0) is 25.8 Å². The molecule has 0 radical (unpaired) electrons. The molecule has 0 saturated carbocycles. The molecule has 2 aromatic heterocycles. The van der Waals surface area contributed by atoms with Crippen LogP contribution in [0.1, 0.15) is 28.6 Å². The Balaban J connectivity index is 2.32. The molecular formula is C13H17N3O3S. The van der Waals surface area contributed by atoms with Gasteiger partial charge in [-0.3, -0.25) is 9.59 Å². The third-order valence-corrected chi connectivity index (χ3v) is 4.26. The second-order valence-corrected chi connectivity index (χ2v) is 5.79. The normalized spacial score (nSPS) is 12.6. The van der Waals surface area contributed by atoms with Gasteiger partial charge in [0.25, 0.3) is 11.5 Å². The minimum atomic E-state index is -0.451. The van der Waals surface area contributed by atoms with Crippen LogP contribution in [0.2, 0.25) is 0 Å². The van der Waals surface area contributed by atoms with Gasteiger partial charge < -0.3 is 15.0 Å². The van der Waals surface area contributed by atoms with Crippen LogP contribution in [0.15, 0.2) is 11.1 Å². The van der Waals surface area contributed by atoms with Crippen LogP contribution in [0.4, 0.5) is 0 Å². The number of aromatic nitrogens is 2. The van der Waals surface area contributed by atoms with E-state index in [1.807, 2.05) is 0 Å². The summed E-state index contributed by atoms with van der Waals surface area (Å²) in [5.74, 6) is -0.229. The lowest BCUT2D eigenvalue weighted by Crippen LogP contribution is -2.26. The van der Waals surface area contributed by atoms with Crippen molar-refractivity contribution in [2.45, 2.75) is 26.4 Å². The molecule has 2 rings (SSSR count). The molecule has 2 heterocycles. The molecule has 1 amide bonds. The SMILES string of the molecule is Cc1c(C(=O)NCCC(C)O)sc2ncn(C)c(=O)c12. The summed E-state index contributed by atoms with van der Waals surface area (Å²) in [6, 6.07) is 0. The number of aliphatic hydroxyl groups excluding tert-OH is 1. The minimum absolute atomic E-state index is 0.146. The molecule has 108 valence electrons. The van der Waals surface area contributed by atoms with Gasteiger partial charge in [0.1, 0.15) is 4.83 Å². The zero-order chi connectivity index (χ0) is 14.9. The maximum absolute atomic E-state index is 12.1. The third kappa shape index (κ3) is 2.73. The lowest BCUT2D eigenvalue weighted by molar-refractivity contribution is 0.0949. The van der Waals surface area contributed by atoms with Crippen molar-refractivity contribution in [2.75, 3.05) is 6.54 Å². The van der Waals surface area contributed by atoms with Gasteiger partial charge in [-0.1, -0.05) is 0 Å². The summed E-state index contributed by atoms with van der Waals surface area (Å²) in [4.78, 5) is 29.4. The van der Waals surface area contributed by atoms with Crippen LogP contribution in [0.3, 0.4) is 0 Å². The predicted molar refractivity (Wildman–Crippen MR) is 78.2 cm³/mol. The van der Waals surface area contributed by atoms with Crippen molar-refractivity contribution in [1.82, 2.24) is 14.9 Å². The van der Waals surface area contributed by atoms with Gasteiger partial charge in [0.15, 0.2) is 0 Å². The number of carbonyl (C=O) groups excluding carboxylic acids is 1. The number of aliphatic hydroxyl groups is 1. The first-order chi connectivity index (χ1) is 9.41. The van der Waals surface area contributed by atoms with Crippen molar-refractivity contribution in [1.29, 1.82) is 0 Å². The van der Waals surface area contributed by atoms with E-state index in [-0.39, 0.29) is 11.5 Å². The molecule has 1 atom stereocenters. The Morgan fingerprint density at radius 1 is 1.60 bits per heavy atom. The lowest BCUT2D eigenvalue weighted by atomic mass is 10.2. The number of nitrogens with one attached hydrogen (secondary N) is 1. The highest BCUT2D eigenvalue weighted by Gasteiger charge is 2.18. The quantitative estimate of drug-likeness (QED) is 0.874. The highest BCUT2D eigenvalue weighted by atomic mass is 32.1. The molecule has 0 aliphatic carbocycles. The summed E-state index contributed by atoms with van der Waals surface area (Å²) in [6.45, 7) is 3.82. The molecule has 20 heavy (non-hydrogen) atoms. The molecule has 0 aromatic carbocycles. The van der Waals surface area contributed by atoms with Gasteiger partial charge in [-0.15, -0.1) is 11.3 Å². The van der Waals surface area contributed by atoms with E-state index in [0.717, 1.165) is 0 Å². The Morgan fingerprint density at radius 2 is 2.30 bits per heavy atom. The second kappa shape index (κ2) is 5.72. The van der Waals surface area contributed by atoms with E-state index in [9.17, 15) is 9.59 Å². The van der Waals surface area contributed by atoms with Crippen LogP contribution >= 0.6 is 11.3 Å². The standard InChI is InChI=1S/C13H17N3O3S/c1-7(17)4-5-14-11(18)10-8(2)9-12(20-10)15-6-16(3)13(9)19/h6-7,17H,4-5H2,1-3H3,(H,14,18). The zero-order valence-electron chi connectivity index (χ0n) is 11.6. The Morgan fingerprint density at radius 3 is 2.95 bits per heavy atom. The van der Waals surface area contributed by atoms with Gasteiger partial charge in [-0.25, -0.2) is 4.98 Å². The number of hydrogen-bond acceptors (Lipinski definition) is 5.